The van der Waals surface area contributed by atoms with Crippen molar-refractivity contribution in [2.24, 2.45) is 0 Å². The van der Waals surface area contributed by atoms with Crippen LogP contribution >= 0.6 is 0 Å². The summed E-state index contributed by atoms with van der Waals surface area (Å²) < 4.78 is 12.3. The molecule has 3 aromatic carbocycles. The number of hydrogen-bond acceptors (Lipinski definition) is 7. The second kappa shape index (κ2) is 11.1. The number of H-pyrrole nitrogens is 1. The molecule has 8 heteroatoms. The van der Waals surface area contributed by atoms with Gasteiger partial charge in [0.05, 0.1) is 5.52 Å². The summed E-state index contributed by atoms with van der Waals surface area (Å²) in [5.74, 6) is 1.79. The molecule has 8 nitrogen and oxygen atoms in total. The molecule has 0 spiro atoms. The SMILES string of the molecule is CCc1cc(OCc2ccc(-c3ccccc3-c3nn[nH]n3)cc2)c2nc(OCc3ccccc3)ccc2n1. The van der Waals surface area contributed by atoms with Crippen LogP contribution in [0.25, 0.3) is 33.5 Å². The van der Waals surface area contributed by atoms with Crippen molar-refractivity contribution in [3.8, 4) is 34.1 Å². The molecule has 0 radical (unpaired) electrons. The molecule has 0 unspecified atom stereocenters. The second-order valence-electron chi connectivity index (χ2n) is 9.02. The number of pyridine rings is 2. The molecular formula is C31H26N6O2. The Labute approximate surface area is 225 Å². The fourth-order valence-corrected chi connectivity index (χ4v) is 4.36. The standard InChI is InChI=1S/C31H26N6O2/c1-2-24-18-28(30-27(32-24)16-17-29(33-30)39-20-21-8-4-3-5-9-21)38-19-22-12-14-23(15-13-22)25-10-6-7-11-26(25)31-34-36-37-35-31/h3-18H,2,19-20H2,1H3,(H,34,35,36,37). The van der Waals surface area contributed by atoms with E-state index in [9.17, 15) is 0 Å². The van der Waals surface area contributed by atoms with Gasteiger partial charge >= 0.3 is 0 Å². The Hall–Kier alpha value is -5.11. The lowest BCUT2D eigenvalue weighted by Crippen LogP contribution is -2.02. The highest BCUT2D eigenvalue weighted by atomic mass is 16.5. The molecule has 3 aromatic heterocycles. The highest BCUT2D eigenvalue weighted by Crippen LogP contribution is 2.31. The molecule has 0 aliphatic rings. The predicted molar refractivity (Wildman–Crippen MR) is 149 cm³/mol. The van der Waals surface area contributed by atoms with Crippen molar-refractivity contribution in [2.45, 2.75) is 26.6 Å². The van der Waals surface area contributed by atoms with Gasteiger partial charge in [-0.15, -0.1) is 10.2 Å². The molecular weight excluding hydrogens is 488 g/mol. The van der Waals surface area contributed by atoms with E-state index in [0.29, 0.717) is 36.2 Å². The van der Waals surface area contributed by atoms with Crippen LogP contribution in [-0.4, -0.2) is 30.6 Å². The Kier molecular flexibility index (Phi) is 6.90. The number of benzene rings is 3. The molecule has 0 aliphatic carbocycles. The van der Waals surface area contributed by atoms with Crippen molar-refractivity contribution in [1.82, 2.24) is 30.6 Å². The van der Waals surface area contributed by atoms with E-state index in [1.165, 1.54) is 0 Å². The highest BCUT2D eigenvalue weighted by molar-refractivity contribution is 5.82. The number of aryl methyl sites for hydroxylation is 1. The van der Waals surface area contributed by atoms with Crippen LogP contribution in [0, 0.1) is 0 Å². The number of nitrogens with one attached hydrogen (secondary N) is 1. The number of hydrogen-bond donors (Lipinski definition) is 1. The number of aromatic nitrogens is 6. The van der Waals surface area contributed by atoms with Gasteiger partial charge in [0.25, 0.3) is 0 Å². The zero-order valence-electron chi connectivity index (χ0n) is 21.4. The third-order valence-corrected chi connectivity index (χ3v) is 6.41. The number of ether oxygens (including phenoxy) is 2. The third-order valence-electron chi connectivity index (χ3n) is 6.41. The van der Waals surface area contributed by atoms with E-state index in [0.717, 1.165) is 45.4 Å². The number of aromatic amines is 1. The second-order valence-corrected chi connectivity index (χ2v) is 9.02. The first-order valence-corrected chi connectivity index (χ1v) is 12.8. The van der Waals surface area contributed by atoms with Crippen LogP contribution in [-0.2, 0) is 19.6 Å². The largest absolute Gasteiger partial charge is 0.486 e. The summed E-state index contributed by atoms with van der Waals surface area (Å²) in [6.07, 6.45) is 0.799. The van der Waals surface area contributed by atoms with Gasteiger partial charge in [-0.25, -0.2) is 4.98 Å². The molecule has 0 saturated carbocycles. The van der Waals surface area contributed by atoms with Gasteiger partial charge in [-0.05, 0) is 40.0 Å². The van der Waals surface area contributed by atoms with Crippen molar-refractivity contribution < 1.29 is 9.47 Å². The molecule has 0 fully saturated rings. The molecule has 0 aliphatic heterocycles. The summed E-state index contributed by atoms with van der Waals surface area (Å²) in [5.41, 5.74) is 7.55. The summed E-state index contributed by atoms with van der Waals surface area (Å²) in [4.78, 5) is 9.46. The fourth-order valence-electron chi connectivity index (χ4n) is 4.36. The highest BCUT2D eigenvalue weighted by Gasteiger charge is 2.12. The monoisotopic (exact) mass is 514 g/mol. The zero-order valence-corrected chi connectivity index (χ0v) is 21.4. The lowest BCUT2D eigenvalue weighted by molar-refractivity contribution is 0.292. The minimum Gasteiger partial charge on any atom is -0.486 e. The van der Waals surface area contributed by atoms with Gasteiger partial charge in [0, 0.05) is 23.4 Å². The Balaban J connectivity index is 1.22. The molecule has 0 bridgehead atoms. The molecule has 0 amide bonds. The molecule has 192 valence electrons. The van der Waals surface area contributed by atoms with Gasteiger partial charge in [0.1, 0.15) is 24.5 Å². The summed E-state index contributed by atoms with van der Waals surface area (Å²) in [7, 11) is 0. The van der Waals surface area contributed by atoms with E-state index in [1.54, 1.807) is 0 Å². The number of nitrogens with zero attached hydrogens (tertiary/aromatic N) is 5. The van der Waals surface area contributed by atoms with Crippen LogP contribution in [0.4, 0.5) is 0 Å². The summed E-state index contributed by atoms with van der Waals surface area (Å²) in [6, 6.07) is 32.1. The van der Waals surface area contributed by atoms with Crippen LogP contribution < -0.4 is 9.47 Å². The van der Waals surface area contributed by atoms with Crippen LogP contribution in [0.15, 0.2) is 97.1 Å². The smallest absolute Gasteiger partial charge is 0.214 e. The van der Waals surface area contributed by atoms with Crippen LogP contribution in [0.5, 0.6) is 11.6 Å². The fraction of sp³-hybridized carbons (Fsp3) is 0.129. The minimum atomic E-state index is 0.395. The molecule has 6 aromatic rings. The minimum absolute atomic E-state index is 0.395. The molecule has 0 saturated heterocycles. The van der Waals surface area contributed by atoms with Crippen molar-refractivity contribution >= 4 is 11.0 Å². The van der Waals surface area contributed by atoms with Crippen molar-refractivity contribution in [3.63, 3.8) is 0 Å². The normalized spacial score (nSPS) is 11.0. The topological polar surface area (TPSA) is 98.7 Å². The first-order chi connectivity index (χ1) is 19.3. The Bertz CT molecular complexity index is 1690. The van der Waals surface area contributed by atoms with Crippen LogP contribution in [0.2, 0.25) is 0 Å². The average Bonchev–Trinajstić information content (AvgIpc) is 3.54. The number of rotatable bonds is 9. The zero-order chi connectivity index (χ0) is 26.4. The van der Waals surface area contributed by atoms with Gasteiger partial charge in [-0.1, -0.05) is 85.8 Å². The maximum absolute atomic E-state index is 6.30. The average molecular weight is 515 g/mol. The van der Waals surface area contributed by atoms with Crippen LogP contribution in [0.3, 0.4) is 0 Å². The Morgan fingerprint density at radius 2 is 1.46 bits per heavy atom. The lowest BCUT2D eigenvalue weighted by Gasteiger charge is -2.13. The maximum atomic E-state index is 6.30. The number of tetrazole rings is 1. The summed E-state index contributed by atoms with van der Waals surface area (Å²) in [5, 5.41) is 14.5. The van der Waals surface area contributed by atoms with E-state index in [4.69, 9.17) is 19.4 Å². The van der Waals surface area contributed by atoms with E-state index in [-0.39, 0.29) is 0 Å². The van der Waals surface area contributed by atoms with Gasteiger partial charge < -0.3 is 9.47 Å². The van der Waals surface area contributed by atoms with E-state index in [1.807, 2.05) is 66.7 Å². The first kappa shape index (κ1) is 24.2. The van der Waals surface area contributed by atoms with Gasteiger partial charge in [-0.2, -0.15) is 5.21 Å². The van der Waals surface area contributed by atoms with Crippen molar-refractivity contribution in [3.05, 3.63) is 114 Å². The van der Waals surface area contributed by atoms with Gasteiger partial charge in [-0.3, -0.25) is 4.98 Å². The van der Waals surface area contributed by atoms with Crippen LogP contribution in [0.1, 0.15) is 23.7 Å². The van der Waals surface area contributed by atoms with Crippen molar-refractivity contribution in [1.29, 1.82) is 0 Å². The predicted octanol–water partition coefficient (Wildman–Crippen LogP) is 6.20. The first-order valence-electron chi connectivity index (χ1n) is 12.8. The Morgan fingerprint density at radius 3 is 2.23 bits per heavy atom. The maximum Gasteiger partial charge on any atom is 0.214 e. The van der Waals surface area contributed by atoms with Gasteiger partial charge in [0.2, 0.25) is 11.7 Å². The van der Waals surface area contributed by atoms with E-state index < -0.39 is 0 Å². The third kappa shape index (κ3) is 5.45. The molecule has 0 atom stereocenters. The molecule has 39 heavy (non-hydrogen) atoms. The lowest BCUT2D eigenvalue weighted by atomic mass is 9.98. The quantitative estimate of drug-likeness (QED) is 0.245. The summed E-state index contributed by atoms with van der Waals surface area (Å²) >= 11 is 0. The summed E-state index contributed by atoms with van der Waals surface area (Å²) in [6.45, 7) is 2.91. The molecule has 1 N–H and O–H groups in total. The number of fused-ring (bicyclic) bond motifs is 1. The molecule has 6 rings (SSSR count). The van der Waals surface area contributed by atoms with E-state index >= 15 is 0 Å². The van der Waals surface area contributed by atoms with Gasteiger partial charge in [0.15, 0.2) is 0 Å². The van der Waals surface area contributed by atoms with E-state index in [2.05, 4.69) is 57.9 Å². The van der Waals surface area contributed by atoms with Crippen molar-refractivity contribution in [2.75, 3.05) is 0 Å². The Morgan fingerprint density at radius 1 is 0.718 bits per heavy atom. The molecule has 3 heterocycles.